The largest absolute Gasteiger partial charge is 0.287 e. The molecule has 17 heavy (non-hydrogen) atoms. The molecular formula is C12H12BrN3O. The van der Waals surface area contributed by atoms with Gasteiger partial charge in [-0.15, -0.1) is 0 Å². The zero-order valence-corrected chi connectivity index (χ0v) is 11.2. The topological polar surface area (TPSA) is 47.8 Å². The Hall–Kier alpha value is -1.49. The fraction of sp³-hybridized carbons (Fsp3) is 0.250. The Morgan fingerprint density at radius 2 is 2.24 bits per heavy atom. The highest BCUT2D eigenvalue weighted by atomic mass is 79.9. The van der Waals surface area contributed by atoms with Crippen molar-refractivity contribution in [2.45, 2.75) is 20.4 Å². The van der Waals surface area contributed by atoms with E-state index in [2.05, 4.69) is 26.0 Å². The van der Waals surface area contributed by atoms with Crippen molar-refractivity contribution >= 4 is 21.7 Å². The summed E-state index contributed by atoms with van der Waals surface area (Å²) in [6.45, 7) is 4.49. The summed E-state index contributed by atoms with van der Waals surface area (Å²) in [7, 11) is 0. The normalized spacial score (nSPS) is 10.5. The van der Waals surface area contributed by atoms with Gasteiger partial charge in [-0.2, -0.15) is 5.10 Å². The van der Waals surface area contributed by atoms with Gasteiger partial charge in [0.2, 0.25) is 5.78 Å². The van der Waals surface area contributed by atoms with Crippen molar-refractivity contribution in [1.82, 2.24) is 14.8 Å². The Bertz CT molecular complexity index is 563. The Balaban J connectivity index is 2.51. The van der Waals surface area contributed by atoms with Crippen LogP contribution in [0.15, 0.2) is 29.1 Å². The van der Waals surface area contributed by atoms with Gasteiger partial charge in [0.05, 0.1) is 10.7 Å². The minimum Gasteiger partial charge on any atom is -0.287 e. The van der Waals surface area contributed by atoms with Gasteiger partial charge >= 0.3 is 0 Å². The summed E-state index contributed by atoms with van der Waals surface area (Å²) < 4.78 is 2.41. The van der Waals surface area contributed by atoms with E-state index >= 15 is 0 Å². The second kappa shape index (κ2) is 4.79. The van der Waals surface area contributed by atoms with Crippen molar-refractivity contribution in [3.8, 4) is 0 Å². The second-order valence-electron chi connectivity index (χ2n) is 3.68. The summed E-state index contributed by atoms with van der Waals surface area (Å²) in [5.74, 6) is -0.0314. The molecule has 5 heteroatoms. The summed E-state index contributed by atoms with van der Waals surface area (Å²) in [5, 5.41) is 4.14. The first-order valence-electron chi connectivity index (χ1n) is 5.31. The molecule has 0 saturated heterocycles. The molecule has 4 nitrogen and oxygen atoms in total. The van der Waals surface area contributed by atoms with E-state index in [1.54, 1.807) is 29.3 Å². The van der Waals surface area contributed by atoms with Crippen LogP contribution in [0.1, 0.15) is 28.5 Å². The van der Waals surface area contributed by atoms with Crippen molar-refractivity contribution in [1.29, 1.82) is 0 Å². The summed E-state index contributed by atoms with van der Waals surface area (Å²) in [4.78, 5) is 16.4. The lowest BCUT2D eigenvalue weighted by Gasteiger charge is -2.06. The minimum atomic E-state index is -0.0314. The molecule has 0 aliphatic carbocycles. The summed E-state index contributed by atoms with van der Waals surface area (Å²) in [6.07, 6.45) is 4.96. The third-order valence-electron chi connectivity index (χ3n) is 2.57. The predicted molar refractivity (Wildman–Crippen MR) is 68.0 cm³/mol. The second-order valence-corrected chi connectivity index (χ2v) is 4.53. The zero-order valence-electron chi connectivity index (χ0n) is 9.64. The van der Waals surface area contributed by atoms with Crippen molar-refractivity contribution < 1.29 is 4.79 Å². The highest BCUT2D eigenvalue weighted by molar-refractivity contribution is 9.10. The molecule has 0 bridgehead atoms. The Kier molecular flexibility index (Phi) is 3.38. The molecule has 0 spiro atoms. The average molecular weight is 294 g/mol. The Morgan fingerprint density at radius 3 is 2.88 bits per heavy atom. The first-order chi connectivity index (χ1) is 8.15. The maximum absolute atomic E-state index is 12.4. The van der Waals surface area contributed by atoms with Crippen LogP contribution in [0.5, 0.6) is 0 Å². The van der Waals surface area contributed by atoms with Gasteiger partial charge in [-0.25, -0.2) is 0 Å². The molecule has 0 unspecified atom stereocenters. The molecule has 0 saturated carbocycles. The van der Waals surface area contributed by atoms with Crippen LogP contribution in [-0.2, 0) is 6.54 Å². The van der Waals surface area contributed by atoms with Crippen LogP contribution >= 0.6 is 15.9 Å². The highest BCUT2D eigenvalue weighted by Crippen LogP contribution is 2.21. The van der Waals surface area contributed by atoms with Gasteiger partial charge in [-0.3, -0.25) is 14.5 Å². The number of ketones is 1. The predicted octanol–water partition coefficient (Wildman–Crippen LogP) is 2.60. The van der Waals surface area contributed by atoms with E-state index < -0.39 is 0 Å². The van der Waals surface area contributed by atoms with Crippen LogP contribution in [0.25, 0.3) is 0 Å². The fourth-order valence-corrected chi connectivity index (χ4v) is 2.16. The van der Waals surface area contributed by atoms with Crippen LogP contribution in [0.2, 0.25) is 0 Å². The van der Waals surface area contributed by atoms with E-state index in [-0.39, 0.29) is 5.78 Å². The number of rotatable bonds is 3. The molecule has 0 aromatic carbocycles. The van der Waals surface area contributed by atoms with E-state index in [9.17, 15) is 4.79 Å². The van der Waals surface area contributed by atoms with Gasteiger partial charge in [-0.05, 0) is 41.4 Å². The van der Waals surface area contributed by atoms with Gasteiger partial charge in [0.15, 0.2) is 0 Å². The molecular weight excluding hydrogens is 282 g/mol. The number of nitrogens with zero attached hydrogens (tertiary/aromatic N) is 3. The lowest BCUT2D eigenvalue weighted by Crippen LogP contribution is -2.12. The summed E-state index contributed by atoms with van der Waals surface area (Å²) in [6, 6.07) is 1.73. The first kappa shape index (κ1) is 12.0. The molecule has 0 radical (unpaired) electrons. The SMILES string of the molecule is CCn1ncc(Br)c1C(=O)c1ccncc1C. The van der Waals surface area contributed by atoms with Crippen LogP contribution < -0.4 is 0 Å². The van der Waals surface area contributed by atoms with Crippen LogP contribution in [0.3, 0.4) is 0 Å². The standard InChI is InChI=1S/C12H12BrN3O/c1-3-16-11(10(13)7-15-16)12(17)9-4-5-14-6-8(9)2/h4-7H,3H2,1-2H3. The number of aryl methyl sites for hydroxylation is 2. The molecule has 2 heterocycles. The molecule has 0 fully saturated rings. The quantitative estimate of drug-likeness (QED) is 0.817. The van der Waals surface area contributed by atoms with Crippen molar-refractivity contribution in [2.75, 3.05) is 0 Å². The molecule has 0 aliphatic rings. The van der Waals surface area contributed by atoms with Crippen molar-refractivity contribution in [3.05, 3.63) is 46.0 Å². The smallest absolute Gasteiger partial charge is 0.212 e. The number of carbonyl (C=O) groups is 1. The minimum absolute atomic E-state index is 0.0314. The summed E-state index contributed by atoms with van der Waals surface area (Å²) in [5.41, 5.74) is 2.12. The number of halogens is 1. The van der Waals surface area contributed by atoms with Crippen LogP contribution in [0.4, 0.5) is 0 Å². The number of hydrogen-bond donors (Lipinski definition) is 0. The monoisotopic (exact) mass is 293 g/mol. The number of hydrogen-bond acceptors (Lipinski definition) is 3. The van der Waals surface area contributed by atoms with Crippen LogP contribution in [-0.4, -0.2) is 20.5 Å². The number of pyridine rings is 1. The van der Waals surface area contributed by atoms with Gasteiger partial charge in [0, 0.05) is 24.5 Å². The van der Waals surface area contributed by atoms with E-state index in [0.29, 0.717) is 17.8 Å². The van der Waals surface area contributed by atoms with Gasteiger partial charge in [0.25, 0.3) is 0 Å². The van der Waals surface area contributed by atoms with Gasteiger partial charge in [-0.1, -0.05) is 0 Å². The maximum atomic E-state index is 12.4. The highest BCUT2D eigenvalue weighted by Gasteiger charge is 2.19. The Morgan fingerprint density at radius 1 is 1.47 bits per heavy atom. The van der Waals surface area contributed by atoms with E-state index in [0.717, 1.165) is 10.0 Å². The van der Waals surface area contributed by atoms with E-state index in [4.69, 9.17) is 0 Å². The molecule has 88 valence electrons. The zero-order chi connectivity index (χ0) is 12.4. The third kappa shape index (κ3) is 2.15. The fourth-order valence-electron chi connectivity index (χ4n) is 1.68. The van der Waals surface area contributed by atoms with Gasteiger partial charge < -0.3 is 0 Å². The molecule has 2 rings (SSSR count). The third-order valence-corrected chi connectivity index (χ3v) is 3.15. The molecule has 0 atom stereocenters. The molecule has 0 N–H and O–H groups in total. The summed E-state index contributed by atoms with van der Waals surface area (Å²) >= 11 is 3.36. The Labute approximate surface area is 108 Å². The van der Waals surface area contributed by atoms with Crippen LogP contribution in [0, 0.1) is 6.92 Å². The lowest BCUT2D eigenvalue weighted by molar-refractivity contribution is 0.102. The number of carbonyl (C=O) groups excluding carboxylic acids is 1. The van der Waals surface area contributed by atoms with E-state index in [1.807, 2.05) is 13.8 Å². The van der Waals surface area contributed by atoms with Gasteiger partial charge in [0.1, 0.15) is 5.69 Å². The molecule has 0 aliphatic heterocycles. The first-order valence-corrected chi connectivity index (χ1v) is 6.11. The lowest BCUT2D eigenvalue weighted by atomic mass is 10.1. The molecule has 0 amide bonds. The number of aromatic nitrogens is 3. The van der Waals surface area contributed by atoms with E-state index in [1.165, 1.54) is 0 Å². The van der Waals surface area contributed by atoms with Crippen molar-refractivity contribution in [3.63, 3.8) is 0 Å². The van der Waals surface area contributed by atoms with Crippen molar-refractivity contribution in [2.24, 2.45) is 0 Å². The average Bonchev–Trinajstić information content (AvgIpc) is 2.70. The molecule has 2 aromatic rings. The maximum Gasteiger partial charge on any atom is 0.212 e. The molecule has 2 aromatic heterocycles.